The van der Waals surface area contributed by atoms with Gasteiger partial charge in [0.2, 0.25) is 11.1 Å². The molecular formula is C19H19N5O2S. The maximum Gasteiger partial charge on any atom is 0.240 e. The van der Waals surface area contributed by atoms with Crippen LogP contribution in [0.1, 0.15) is 17.4 Å². The Morgan fingerprint density at radius 1 is 1.19 bits per heavy atom. The van der Waals surface area contributed by atoms with Crippen molar-refractivity contribution in [2.24, 2.45) is 0 Å². The number of hydrogen-bond donors (Lipinski definition) is 2. The first kappa shape index (κ1) is 17.4. The molecule has 7 nitrogen and oxygen atoms in total. The number of nitrogens with zero attached hydrogens (tertiary/aromatic N) is 3. The zero-order valence-corrected chi connectivity index (χ0v) is 15.7. The van der Waals surface area contributed by atoms with Crippen molar-refractivity contribution >= 4 is 23.4 Å². The van der Waals surface area contributed by atoms with Crippen LogP contribution in [0.5, 0.6) is 5.75 Å². The van der Waals surface area contributed by atoms with Crippen molar-refractivity contribution in [1.82, 2.24) is 14.9 Å². The molecular weight excluding hydrogens is 362 g/mol. The highest BCUT2D eigenvalue weighted by molar-refractivity contribution is 8.00. The Hall–Kier alpha value is -3.00. The third kappa shape index (κ3) is 3.48. The average Bonchev–Trinajstić information content (AvgIpc) is 3.08. The number of fused-ring (bicyclic) bond motifs is 1. The molecule has 1 aliphatic heterocycles. The number of hydrogen-bond acceptors (Lipinski definition) is 6. The monoisotopic (exact) mass is 381 g/mol. The molecule has 2 N–H and O–H groups in total. The SMILES string of the molecule is COc1cccc(NC(=O)C2Sc3nnc(C)n3NC2c2ccccc2)c1. The number of methoxy groups -OCH3 is 1. The van der Waals surface area contributed by atoms with Gasteiger partial charge < -0.3 is 15.5 Å². The molecule has 0 radical (unpaired) electrons. The molecule has 138 valence electrons. The highest BCUT2D eigenvalue weighted by Gasteiger charge is 2.37. The number of aryl methyl sites for hydroxylation is 1. The molecule has 8 heteroatoms. The van der Waals surface area contributed by atoms with Gasteiger partial charge in [-0.15, -0.1) is 10.2 Å². The predicted octanol–water partition coefficient (Wildman–Crippen LogP) is 2.99. The second-order valence-corrected chi connectivity index (χ2v) is 7.25. The lowest BCUT2D eigenvalue weighted by atomic mass is 10.0. The van der Waals surface area contributed by atoms with E-state index in [1.165, 1.54) is 11.8 Å². The molecule has 0 saturated carbocycles. The van der Waals surface area contributed by atoms with Gasteiger partial charge in [-0.1, -0.05) is 48.2 Å². The Morgan fingerprint density at radius 3 is 2.78 bits per heavy atom. The zero-order valence-electron chi connectivity index (χ0n) is 14.9. The van der Waals surface area contributed by atoms with Gasteiger partial charge in [0.1, 0.15) is 16.8 Å². The number of nitrogens with one attached hydrogen (secondary N) is 2. The zero-order chi connectivity index (χ0) is 18.8. The van der Waals surface area contributed by atoms with Crippen LogP contribution in [-0.4, -0.2) is 33.1 Å². The van der Waals surface area contributed by atoms with Crippen LogP contribution in [0.3, 0.4) is 0 Å². The number of aromatic nitrogens is 3. The summed E-state index contributed by atoms with van der Waals surface area (Å²) in [5.74, 6) is 1.34. The van der Waals surface area contributed by atoms with Gasteiger partial charge in [0, 0.05) is 11.8 Å². The lowest BCUT2D eigenvalue weighted by molar-refractivity contribution is -0.116. The third-order valence-electron chi connectivity index (χ3n) is 4.35. The number of thioether (sulfide) groups is 1. The van der Waals surface area contributed by atoms with Crippen molar-refractivity contribution in [3.05, 3.63) is 66.0 Å². The van der Waals surface area contributed by atoms with E-state index in [4.69, 9.17) is 4.74 Å². The average molecular weight is 381 g/mol. The van der Waals surface area contributed by atoms with Crippen LogP contribution in [0, 0.1) is 6.92 Å². The van der Waals surface area contributed by atoms with Gasteiger partial charge in [-0.2, -0.15) is 0 Å². The summed E-state index contributed by atoms with van der Waals surface area (Å²) in [6, 6.07) is 17.0. The number of carbonyl (C=O) groups is 1. The molecule has 0 aliphatic carbocycles. The fourth-order valence-electron chi connectivity index (χ4n) is 2.99. The Balaban J connectivity index is 1.64. The molecule has 2 atom stereocenters. The molecule has 27 heavy (non-hydrogen) atoms. The second kappa shape index (κ2) is 7.32. The summed E-state index contributed by atoms with van der Waals surface area (Å²) >= 11 is 1.40. The number of carbonyl (C=O) groups excluding carboxylic acids is 1. The topological polar surface area (TPSA) is 81.1 Å². The number of rotatable bonds is 4. The van der Waals surface area contributed by atoms with Crippen LogP contribution in [-0.2, 0) is 4.79 Å². The highest BCUT2D eigenvalue weighted by atomic mass is 32.2. The van der Waals surface area contributed by atoms with E-state index in [9.17, 15) is 4.79 Å². The standard InChI is InChI=1S/C19H19N5O2S/c1-12-21-22-19-24(12)23-16(13-7-4-3-5-8-13)17(27-19)18(25)20-14-9-6-10-15(11-14)26-2/h3-11,16-17,23H,1-2H3,(H,20,25). The van der Waals surface area contributed by atoms with Crippen LogP contribution < -0.4 is 15.5 Å². The van der Waals surface area contributed by atoms with Crippen molar-refractivity contribution in [2.75, 3.05) is 17.9 Å². The van der Waals surface area contributed by atoms with Crippen LogP contribution in [0.25, 0.3) is 0 Å². The molecule has 2 unspecified atom stereocenters. The molecule has 2 aromatic carbocycles. The van der Waals surface area contributed by atoms with Gasteiger partial charge >= 0.3 is 0 Å². The molecule has 1 amide bonds. The van der Waals surface area contributed by atoms with E-state index in [0.29, 0.717) is 16.6 Å². The van der Waals surface area contributed by atoms with Gasteiger partial charge in [-0.25, -0.2) is 4.68 Å². The van der Waals surface area contributed by atoms with E-state index >= 15 is 0 Å². The molecule has 3 aromatic rings. The smallest absolute Gasteiger partial charge is 0.240 e. The molecule has 2 heterocycles. The van der Waals surface area contributed by atoms with E-state index in [2.05, 4.69) is 20.9 Å². The van der Waals surface area contributed by atoms with E-state index < -0.39 is 5.25 Å². The molecule has 4 rings (SSSR count). The molecule has 0 fully saturated rings. The molecule has 0 bridgehead atoms. The van der Waals surface area contributed by atoms with Crippen molar-refractivity contribution in [1.29, 1.82) is 0 Å². The summed E-state index contributed by atoms with van der Waals surface area (Å²) in [4.78, 5) is 13.1. The number of benzene rings is 2. The number of anilines is 1. The minimum atomic E-state index is -0.408. The van der Waals surface area contributed by atoms with E-state index in [-0.39, 0.29) is 11.9 Å². The summed E-state index contributed by atoms with van der Waals surface area (Å²) in [6.07, 6.45) is 0. The predicted molar refractivity (Wildman–Crippen MR) is 105 cm³/mol. The minimum Gasteiger partial charge on any atom is -0.497 e. The third-order valence-corrected chi connectivity index (χ3v) is 5.57. The first-order valence-corrected chi connectivity index (χ1v) is 9.39. The van der Waals surface area contributed by atoms with Gasteiger partial charge in [0.15, 0.2) is 0 Å². The number of amides is 1. The van der Waals surface area contributed by atoms with Gasteiger partial charge in [-0.05, 0) is 24.6 Å². The van der Waals surface area contributed by atoms with Gasteiger partial charge in [0.25, 0.3) is 0 Å². The summed E-state index contributed by atoms with van der Waals surface area (Å²) in [7, 11) is 1.60. The van der Waals surface area contributed by atoms with Crippen molar-refractivity contribution < 1.29 is 9.53 Å². The fraction of sp³-hybridized carbons (Fsp3) is 0.211. The molecule has 1 aromatic heterocycles. The summed E-state index contributed by atoms with van der Waals surface area (Å²) in [5, 5.41) is 11.5. The Labute approximate surface area is 161 Å². The summed E-state index contributed by atoms with van der Waals surface area (Å²) in [6.45, 7) is 1.88. The van der Waals surface area contributed by atoms with Crippen LogP contribution in [0.15, 0.2) is 59.8 Å². The highest BCUT2D eigenvalue weighted by Crippen LogP contribution is 2.37. The Kier molecular flexibility index (Phi) is 4.72. The van der Waals surface area contributed by atoms with Crippen LogP contribution >= 0.6 is 11.8 Å². The van der Waals surface area contributed by atoms with Crippen LogP contribution in [0.2, 0.25) is 0 Å². The Bertz CT molecular complexity index is 960. The maximum absolute atomic E-state index is 13.1. The summed E-state index contributed by atoms with van der Waals surface area (Å²) < 4.78 is 7.06. The van der Waals surface area contributed by atoms with Crippen molar-refractivity contribution in [2.45, 2.75) is 23.4 Å². The van der Waals surface area contributed by atoms with E-state index in [1.54, 1.807) is 13.2 Å². The normalized spacial score (nSPS) is 18.3. The largest absolute Gasteiger partial charge is 0.497 e. The molecule has 0 spiro atoms. The summed E-state index contributed by atoms with van der Waals surface area (Å²) in [5.41, 5.74) is 5.10. The molecule has 0 saturated heterocycles. The van der Waals surface area contributed by atoms with Crippen molar-refractivity contribution in [3.63, 3.8) is 0 Å². The first-order valence-electron chi connectivity index (χ1n) is 8.51. The lowest BCUT2D eigenvalue weighted by Crippen LogP contribution is -2.41. The van der Waals surface area contributed by atoms with E-state index in [0.717, 1.165) is 11.4 Å². The Morgan fingerprint density at radius 2 is 2.00 bits per heavy atom. The number of ether oxygens (including phenoxy) is 1. The quantitative estimate of drug-likeness (QED) is 0.723. The van der Waals surface area contributed by atoms with Crippen LogP contribution in [0.4, 0.5) is 5.69 Å². The first-order chi connectivity index (χ1) is 13.2. The molecule has 1 aliphatic rings. The fourth-order valence-corrected chi connectivity index (χ4v) is 4.11. The second-order valence-electron chi connectivity index (χ2n) is 6.14. The minimum absolute atomic E-state index is 0.110. The van der Waals surface area contributed by atoms with Gasteiger partial charge in [-0.3, -0.25) is 4.79 Å². The lowest BCUT2D eigenvalue weighted by Gasteiger charge is -2.32. The van der Waals surface area contributed by atoms with E-state index in [1.807, 2.05) is 60.1 Å². The maximum atomic E-state index is 13.1. The van der Waals surface area contributed by atoms with Gasteiger partial charge in [0.05, 0.1) is 13.2 Å². The van der Waals surface area contributed by atoms with Crippen molar-refractivity contribution in [3.8, 4) is 5.75 Å².